The van der Waals surface area contributed by atoms with Crippen molar-refractivity contribution < 1.29 is 14.3 Å². The van der Waals surface area contributed by atoms with Crippen LogP contribution in [-0.2, 0) is 14.3 Å². The number of ether oxygens (including phenoxy) is 1. The highest BCUT2D eigenvalue weighted by molar-refractivity contribution is 5.74. The van der Waals surface area contributed by atoms with Crippen LogP contribution in [-0.4, -0.2) is 36.0 Å². The van der Waals surface area contributed by atoms with Crippen molar-refractivity contribution >= 4 is 11.9 Å². The third kappa shape index (κ3) is 3.84. The second-order valence-electron chi connectivity index (χ2n) is 6.01. The Labute approximate surface area is 121 Å². The number of nitrogens with zero attached hydrogens (tertiary/aromatic N) is 1. The van der Waals surface area contributed by atoms with E-state index in [9.17, 15) is 9.59 Å². The minimum Gasteiger partial charge on any atom is -0.462 e. The van der Waals surface area contributed by atoms with Crippen molar-refractivity contribution in [2.75, 3.05) is 13.2 Å². The second kappa shape index (κ2) is 6.91. The molecular formula is C16H25NO3. The molecule has 1 aliphatic carbocycles. The zero-order valence-corrected chi connectivity index (χ0v) is 12.5. The third-order valence-electron chi connectivity index (χ3n) is 4.59. The SMILES string of the molecule is CC(=O)OC/C=C/C1CC2CCCCC2CN1C(C)=O. The van der Waals surface area contributed by atoms with Crippen LogP contribution in [0.5, 0.6) is 0 Å². The summed E-state index contributed by atoms with van der Waals surface area (Å²) < 4.78 is 4.91. The van der Waals surface area contributed by atoms with Crippen molar-refractivity contribution in [1.29, 1.82) is 0 Å². The number of hydrogen-bond donors (Lipinski definition) is 0. The van der Waals surface area contributed by atoms with Crippen molar-refractivity contribution in [3.8, 4) is 0 Å². The van der Waals surface area contributed by atoms with Crippen LogP contribution in [0.4, 0.5) is 0 Å². The first-order valence-electron chi connectivity index (χ1n) is 7.65. The molecule has 3 atom stereocenters. The quantitative estimate of drug-likeness (QED) is 0.589. The lowest BCUT2D eigenvalue weighted by Gasteiger charge is -2.45. The first kappa shape index (κ1) is 15.1. The summed E-state index contributed by atoms with van der Waals surface area (Å²) in [6, 6.07) is 0.169. The minimum absolute atomic E-state index is 0.149. The summed E-state index contributed by atoms with van der Waals surface area (Å²) in [5.74, 6) is 1.32. The number of piperidine rings is 1. The van der Waals surface area contributed by atoms with Gasteiger partial charge in [-0.1, -0.05) is 25.3 Å². The molecule has 1 heterocycles. The predicted molar refractivity (Wildman–Crippen MR) is 77.0 cm³/mol. The van der Waals surface area contributed by atoms with E-state index in [2.05, 4.69) is 0 Å². The maximum Gasteiger partial charge on any atom is 0.302 e. The minimum atomic E-state index is -0.269. The maximum atomic E-state index is 11.8. The molecule has 0 aromatic carbocycles. The summed E-state index contributed by atoms with van der Waals surface area (Å²) in [5.41, 5.74) is 0. The second-order valence-corrected chi connectivity index (χ2v) is 6.01. The first-order chi connectivity index (χ1) is 9.58. The van der Waals surface area contributed by atoms with E-state index in [0.29, 0.717) is 12.5 Å². The van der Waals surface area contributed by atoms with Crippen molar-refractivity contribution in [1.82, 2.24) is 4.90 Å². The van der Waals surface area contributed by atoms with Crippen molar-refractivity contribution in [2.24, 2.45) is 11.8 Å². The van der Waals surface area contributed by atoms with E-state index in [0.717, 1.165) is 18.9 Å². The Kier molecular flexibility index (Phi) is 5.21. The summed E-state index contributed by atoms with van der Waals surface area (Å²) in [4.78, 5) is 24.5. The predicted octanol–water partition coefficient (Wildman–Crippen LogP) is 2.53. The molecule has 3 unspecified atom stereocenters. The molecule has 1 aliphatic heterocycles. The van der Waals surface area contributed by atoms with E-state index in [1.54, 1.807) is 6.92 Å². The molecule has 0 N–H and O–H groups in total. The molecule has 2 aliphatic rings. The molecule has 20 heavy (non-hydrogen) atoms. The normalized spacial score (nSPS) is 30.1. The van der Waals surface area contributed by atoms with E-state index in [1.165, 1.54) is 32.6 Å². The van der Waals surface area contributed by atoms with E-state index < -0.39 is 0 Å². The van der Waals surface area contributed by atoms with E-state index in [4.69, 9.17) is 4.74 Å². The van der Waals surface area contributed by atoms with Crippen LogP contribution in [0.2, 0.25) is 0 Å². The molecule has 0 aromatic heterocycles. The zero-order valence-electron chi connectivity index (χ0n) is 12.5. The Morgan fingerprint density at radius 2 is 1.90 bits per heavy atom. The molecular weight excluding hydrogens is 254 g/mol. The number of rotatable bonds is 3. The molecule has 1 saturated heterocycles. The van der Waals surface area contributed by atoms with Gasteiger partial charge in [0.1, 0.15) is 6.61 Å². The fraction of sp³-hybridized carbons (Fsp3) is 0.750. The highest BCUT2D eigenvalue weighted by atomic mass is 16.5. The lowest BCUT2D eigenvalue weighted by molar-refractivity contribution is -0.140. The van der Waals surface area contributed by atoms with Gasteiger partial charge in [0.2, 0.25) is 5.91 Å². The Bertz CT molecular complexity index is 391. The standard InChI is InChI=1S/C16H25NO3/c1-12(18)17-11-15-7-4-3-6-14(15)10-16(17)8-5-9-20-13(2)19/h5,8,14-16H,3-4,6-7,9-11H2,1-2H3/b8-5+. The summed E-state index contributed by atoms with van der Waals surface area (Å²) in [5, 5.41) is 0. The largest absolute Gasteiger partial charge is 0.462 e. The molecule has 0 spiro atoms. The van der Waals surface area contributed by atoms with Crippen LogP contribution in [0.1, 0.15) is 46.0 Å². The van der Waals surface area contributed by atoms with Gasteiger partial charge in [0.15, 0.2) is 0 Å². The summed E-state index contributed by atoms with van der Waals surface area (Å²) in [6.45, 7) is 4.24. The van der Waals surface area contributed by atoms with Crippen LogP contribution in [0.3, 0.4) is 0 Å². The van der Waals surface area contributed by atoms with E-state index in [1.807, 2.05) is 17.1 Å². The molecule has 4 nitrogen and oxygen atoms in total. The van der Waals surface area contributed by atoms with Gasteiger partial charge in [0.05, 0.1) is 6.04 Å². The van der Waals surface area contributed by atoms with Gasteiger partial charge in [-0.15, -0.1) is 0 Å². The Balaban J connectivity index is 1.96. The Hall–Kier alpha value is -1.32. The summed E-state index contributed by atoms with van der Waals surface area (Å²) in [7, 11) is 0. The van der Waals surface area contributed by atoms with Crippen LogP contribution in [0, 0.1) is 11.8 Å². The maximum absolute atomic E-state index is 11.8. The first-order valence-corrected chi connectivity index (χ1v) is 7.65. The molecule has 0 aromatic rings. The van der Waals surface area contributed by atoms with Crippen LogP contribution in [0.15, 0.2) is 12.2 Å². The molecule has 1 saturated carbocycles. The molecule has 4 heteroatoms. The highest BCUT2D eigenvalue weighted by Crippen LogP contribution is 2.38. The number of hydrogen-bond acceptors (Lipinski definition) is 3. The summed E-state index contributed by atoms with van der Waals surface area (Å²) in [6.07, 6.45) is 10.1. The average molecular weight is 279 g/mol. The molecule has 2 rings (SSSR count). The van der Waals surface area contributed by atoms with E-state index in [-0.39, 0.29) is 17.9 Å². The van der Waals surface area contributed by atoms with Crippen LogP contribution < -0.4 is 0 Å². The molecule has 1 amide bonds. The van der Waals surface area contributed by atoms with Gasteiger partial charge >= 0.3 is 5.97 Å². The number of esters is 1. The molecule has 2 fully saturated rings. The number of likely N-dealkylation sites (tertiary alicyclic amines) is 1. The van der Waals surface area contributed by atoms with Gasteiger partial charge in [0.25, 0.3) is 0 Å². The highest BCUT2D eigenvalue weighted by Gasteiger charge is 2.36. The topological polar surface area (TPSA) is 46.6 Å². The van der Waals surface area contributed by atoms with Crippen LogP contribution >= 0.6 is 0 Å². The molecule has 0 radical (unpaired) electrons. The molecule has 0 bridgehead atoms. The summed E-state index contributed by atoms with van der Waals surface area (Å²) >= 11 is 0. The molecule has 112 valence electrons. The fourth-order valence-electron chi connectivity index (χ4n) is 3.58. The van der Waals surface area contributed by atoms with Crippen molar-refractivity contribution in [3.63, 3.8) is 0 Å². The van der Waals surface area contributed by atoms with Gasteiger partial charge in [-0.2, -0.15) is 0 Å². The fourth-order valence-corrected chi connectivity index (χ4v) is 3.58. The number of carbonyl (C=O) groups is 2. The Morgan fingerprint density at radius 3 is 2.55 bits per heavy atom. The lowest BCUT2D eigenvalue weighted by atomic mass is 9.73. The lowest BCUT2D eigenvalue weighted by Crippen LogP contribution is -2.49. The smallest absolute Gasteiger partial charge is 0.302 e. The van der Waals surface area contributed by atoms with Crippen LogP contribution in [0.25, 0.3) is 0 Å². The zero-order chi connectivity index (χ0) is 14.5. The van der Waals surface area contributed by atoms with Gasteiger partial charge < -0.3 is 9.64 Å². The van der Waals surface area contributed by atoms with Gasteiger partial charge in [0, 0.05) is 20.4 Å². The number of fused-ring (bicyclic) bond motifs is 1. The Morgan fingerprint density at radius 1 is 1.20 bits per heavy atom. The van der Waals surface area contributed by atoms with Crippen molar-refractivity contribution in [2.45, 2.75) is 52.0 Å². The van der Waals surface area contributed by atoms with Gasteiger partial charge in [-0.25, -0.2) is 0 Å². The van der Waals surface area contributed by atoms with Gasteiger partial charge in [-0.3, -0.25) is 9.59 Å². The third-order valence-corrected chi connectivity index (χ3v) is 4.59. The average Bonchev–Trinajstić information content (AvgIpc) is 2.42. The number of carbonyl (C=O) groups excluding carboxylic acids is 2. The van der Waals surface area contributed by atoms with Gasteiger partial charge in [-0.05, 0) is 30.8 Å². The van der Waals surface area contributed by atoms with E-state index >= 15 is 0 Å². The monoisotopic (exact) mass is 279 g/mol. The number of amides is 1. The van der Waals surface area contributed by atoms with Crippen molar-refractivity contribution in [3.05, 3.63) is 12.2 Å².